The molecule has 2 nitrogen and oxygen atoms in total. The van der Waals surface area contributed by atoms with Gasteiger partial charge in [0.05, 0.1) is 8.07 Å². The van der Waals surface area contributed by atoms with E-state index in [1.165, 1.54) is 27.4 Å². The molecule has 5 rings (SSSR count). The van der Waals surface area contributed by atoms with Crippen LogP contribution in [0.5, 0.6) is 0 Å². The first-order valence-electron chi connectivity index (χ1n) is 16.3. The Morgan fingerprint density at radius 1 is 0.717 bits per heavy atom. The smallest absolute Gasteiger partial charge is 0.0798 e. The van der Waals surface area contributed by atoms with Gasteiger partial charge in [0.15, 0.2) is 0 Å². The number of pyridine rings is 2. The van der Waals surface area contributed by atoms with Crippen LogP contribution in [0.1, 0.15) is 69.7 Å². The molecule has 0 aliphatic heterocycles. The van der Waals surface area contributed by atoms with Gasteiger partial charge in [-0.3, -0.25) is 0 Å². The Hall–Kier alpha value is -3.17. The van der Waals surface area contributed by atoms with Crippen LogP contribution in [0.2, 0.25) is 19.6 Å². The fourth-order valence-electron chi connectivity index (χ4n) is 5.66. The summed E-state index contributed by atoms with van der Waals surface area (Å²) >= 11 is 0. The fraction of sp³-hybridized carbons (Fsp3) is 0.333. The van der Waals surface area contributed by atoms with Gasteiger partial charge in [0.2, 0.25) is 0 Å². The zero-order chi connectivity index (χ0) is 32.6. The van der Waals surface area contributed by atoms with Crippen molar-refractivity contribution in [1.29, 1.82) is 0 Å². The molecule has 46 heavy (non-hydrogen) atoms. The van der Waals surface area contributed by atoms with Gasteiger partial charge in [0.1, 0.15) is 0 Å². The topological polar surface area (TPSA) is 25.8 Å². The monoisotopic (exact) mass is 803 g/mol. The van der Waals surface area contributed by atoms with Crippen molar-refractivity contribution in [3.05, 3.63) is 138 Å². The molecule has 5 aromatic rings. The van der Waals surface area contributed by atoms with Gasteiger partial charge in [0, 0.05) is 32.5 Å². The minimum Gasteiger partial charge on any atom is -0.305 e. The third-order valence-corrected chi connectivity index (χ3v) is 9.94. The molecule has 2 heterocycles. The molecule has 2 aromatic heterocycles. The predicted octanol–water partition coefficient (Wildman–Crippen LogP) is 10.6. The summed E-state index contributed by atoms with van der Waals surface area (Å²) in [6, 6.07) is 38.3. The van der Waals surface area contributed by atoms with E-state index in [0.29, 0.717) is 11.8 Å². The molecule has 0 saturated heterocycles. The van der Waals surface area contributed by atoms with Gasteiger partial charge < -0.3 is 9.97 Å². The Morgan fingerprint density at radius 3 is 2.02 bits per heavy atom. The molecular formula is C42H50IrN2Si-2. The fourth-order valence-corrected chi connectivity index (χ4v) is 7.25. The molecule has 1 radical (unpaired) electrons. The number of aromatic nitrogens is 2. The number of benzene rings is 3. The molecule has 1 unspecified atom stereocenters. The van der Waals surface area contributed by atoms with Crippen LogP contribution in [-0.4, -0.2) is 18.0 Å². The average Bonchev–Trinajstić information content (AvgIpc) is 3.00. The molecule has 1 atom stereocenters. The van der Waals surface area contributed by atoms with Gasteiger partial charge in [0.25, 0.3) is 0 Å². The normalized spacial score (nSPS) is 12.1. The molecule has 243 valence electrons. The van der Waals surface area contributed by atoms with Crippen LogP contribution in [0.3, 0.4) is 0 Å². The molecule has 0 N–H and O–H groups in total. The number of rotatable bonds is 8. The van der Waals surface area contributed by atoms with E-state index in [4.69, 9.17) is 0 Å². The quantitative estimate of drug-likeness (QED) is 0.115. The number of hydrogen-bond donors (Lipinski definition) is 0. The summed E-state index contributed by atoms with van der Waals surface area (Å²) in [5.74, 6) is 1.02. The van der Waals surface area contributed by atoms with Gasteiger partial charge >= 0.3 is 0 Å². The van der Waals surface area contributed by atoms with Crippen LogP contribution in [0.15, 0.2) is 103 Å². The van der Waals surface area contributed by atoms with Crippen LogP contribution < -0.4 is 5.19 Å². The van der Waals surface area contributed by atoms with Crippen molar-refractivity contribution in [2.45, 2.75) is 79.9 Å². The van der Waals surface area contributed by atoms with E-state index in [1.807, 2.05) is 30.5 Å². The second-order valence-electron chi connectivity index (χ2n) is 14.8. The van der Waals surface area contributed by atoms with E-state index in [1.54, 1.807) is 0 Å². The Kier molecular flexibility index (Phi) is 13.4. The van der Waals surface area contributed by atoms with Crippen LogP contribution >= 0.6 is 0 Å². The maximum atomic E-state index is 4.69. The van der Waals surface area contributed by atoms with E-state index < -0.39 is 8.07 Å². The van der Waals surface area contributed by atoms with Crippen LogP contribution in [0, 0.1) is 23.5 Å². The van der Waals surface area contributed by atoms with Gasteiger partial charge in [-0.25, -0.2) is 0 Å². The Balaban J connectivity index is 0.000000251. The molecule has 0 saturated carbocycles. The van der Waals surface area contributed by atoms with Crippen LogP contribution in [0.25, 0.3) is 22.5 Å². The molecule has 0 aliphatic carbocycles. The molecule has 3 aromatic carbocycles. The zero-order valence-electron chi connectivity index (χ0n) is 29.1. The summed E-state index contributed by atoms with van der Waals surface area (Å²) < 4.78 is 0. The van der Waals surface area contributed by atoms with E-state index in [2.05, 4.69) is 156 Å². The van der Waals surface area contributed by atoms with Crippen molar-refractivity contribution < 1.29 is 20.1 Å². The summed E-state index contributed by atoms with van der Waals surface area (Å²) in [4.78, 5) is 9.27. The number of hydrogen-bond acceptors (Lipinski definition) is 2. The molecule has 0 aliphatic rings. The average molecular weight is 803 g/mol. The van der Waals surface area contributed by atoms with Crippen molar-refractivity contribution in [3.8, 4) is 22.5 Å². The maximum absolute atomic E-state index is 4.69. The Bertz CT molecular complexity index is 1650. The third kappa shape index (κ3) is 11.0. The first-order chi connectivity index (χ1) is 21.3. The van der Waals surface area contributed by atoms with Crippen LogP contribution in [0.4, 0.5) is 0 Å². The molecule has 0 fully saturated rings. The second-order valence-corrected chi connectivity index (χ2v) is 19.8. The van der Waals surface area contributed by atoms with Crippen molar-refractivity contribution in [2.24, 2.45) is 11.3 Å². The molecule has 0 bridgehead atoms. The van der Waals surface area contributed by atoms with Crippen molar-refractivity contribution in [1.82, 2.24) is 9.97 Å². The van der Waals surface area contributed by atoms with Gasteiger partial charge in [-0.05, 0) is 58.3 Å². The minimum absolute atomic E-state index is 0. The second kappa shape index (κ2) is 16.6. The van der Waals surface area contributed by atoms with E-state index >= 15 is 0 Å². The first kappa shape index (κ1) is 37.3. The summed E-state index contributed by atoms with van der Waals surface area (Å²) in [5.41, 5.74) is 9.89. The first-order valence-corrected chi connectivity index (χ1v) is 19.8. The summed E-state index contributed by atoms with van der Waals surface area (Å²) in [6.07, 6.45) is 6.20. The maximum Gasteiger partial charge on any atom is 0.0798 e. The summed E-state index contributed by atoms with van der Waals surface area (Å²) in [6.45, 7) is 20.8. The predicted molar refractivity (Wildman–Crippen MR) is 196 cm³/mol. The molecule has 0 amide bonds. The molecular weight excluding hydrogens is 753 g/mol. The van der Waals surface area contributed by atoms with E-state index in [-0.39, 0.29) is 25.5 Å². The SMILES string of the molecule is CC(C)Cc1cc(-c2[c-]cccc2)ncc1[Si](C)(C)C.CC(c1ccccc1)c1cc[c-]c(-c2cc(CC(C)(C)C)ccn2)c1.[Ir]. The molecule has 4 heteroatoms. The minimum atomic E-state index is -1.34. The Morgan fingerprint density at radius 2 is 1.39 bits per heavy atom. The van der Waals surface area contributed by atoms with Gasteiger partial charge in [-0.2, -0.15) is 0 Å². The third-order valence-electron chi connectivity index (χ3n) is 7.87. The van der Waals surface area contributed by atoms with E-state index in [9.17, 15) is 0 Å². The van der Waals surface area contributed by atoms with Crippen molar-refractivity contribution >= 4 is 13.3 Å². The van der Waals surface area contributed by atoms with Crippen molar-refractivity contribution in [3.63, 3.8) is 0 Å². The van der Waals surface area contributed by atoms with Gasteiger partial charge in [-0.15, -0.1) is 71.3 Å². The summed E-state index contributed by atoms with van der Waals surface area (Å²) in [5, 5.41) is 1.49. The van der Waals surface area contributed by atoms with Gasteiger partial charge in [-0.1, -0.05) is 115 Å². The largest absolute Gasteiger partial charge is 0.305 e. The van der Waals surface area contributed by atoms with E-state index in [0.717, 1.165) is 35.4 Å². The van der Waals surface area contributed by atoms with Crippen LogP contribution in [-0.2, 0) is 32.9 Å². The summed E-state index contributed by atoms with van der Waals surface area (Å²) in [7, 11) is -1.34. The zero-order valence-corrected chi connectivity index (χ0v) is 32.5. The standard InChI is InChI=1S/C24H26N.C18H24NSi.Ir/c1-18(20-9-6-5-7-10-20)21-11-8-12-22(16-21)23-15-19(13-14-25-23)17-24(2,3)4;1-14(2)11-16-12-17(15-9-7-6-8-10-15)19-13-18(16)20(3,4)5;/h5-11,13-16,18H,17H2,1-4H3;6-9,12-14H,11H2,1-5H3;/q2*-1;. The number of nitrogens with zero attached hydrogens (tertiary/aromatic N) is 2. The molecule has 0 spiro atoms. The Labute approximate surface area is 293 Å². The van der Waals surface area contributed by atoms with Crippen molar-refractivity contribution in [2.75, 3.05) is 0 Å².